The minimum atomic E-state index is -4.78. The molecule has 3 heterocycles. The van der Waals surface area contributed by atoms with Crippen molar-refractivity contribution in [2.24, 2.45) is 16.1 Å². The first kappa shape index (κ1) is 34.2. The molecular formula is C34H35ClF5N9O3. The number of hydrogen-bond acceptors (Lipinski definition) is 9. The third-order valence-corrected chi connectivity index (χ3v) is 9.45. The fraction of sp³-hybridized carbons (Fsp3) is 0.441. The molecule has 0 unspecified atom stereocenters. The molecule has 1 saturated carbocycles. The van der Waals surface area contributed by atoms with Crippen molar-refractivity contribution in [2.45, 2.75) is 83.1 Å². The van der Waals surface area contributed by atoms with Crippen molar-refractivity contribution in [2.75, 3.05) is 6.56 Å². The molecule has 2 aromatic heterocycles. The predicted octanol–water partition coefficient (Wildman–Crippen LogP) is 6.87. The zero-order valence-electron chi connectivity index (χ0n) is 30.1. The van der Waals surface area contributed by atoms with Gasteiger partial charge >= 0.3 is 12.1 Å². The summed E-state index contributed by atoms with van der Waals surface area (Å²) >= 11 is 6.41. The maximum Gasteiger partial charge on any atom is 0.394 e. The fourth-order valence-electron chi connectivity index (χ4n) is 6.20. The van der Waals surface area contributed by atoms with Gasteiger partial charge < -0.3 is 10.5 Å². The molecule has 276 valence electrons. The van der Waals surface area contributed by atoms with E-state index in [1.807, 2.05) is 0 Å². The number of carbonyl (C=O) groups is 2. The van der Waals surface area contributed by atoms with Crippen molar-refractivity contribution in [3.8, 4) is 16.9 Å². The Bertz CT molecular complexity index is 2080. The fourth-order valence-corrected chi connectivity index (χ4v) is 6.40. The van der Waals surface area contributed by atoms with E-state index in [9.17, 15) is 31.5 Å². The topological polar surface area (TPSA) is 146 Å². The highest BCUT2D eigenvalue weighted by Gasteiger charge is 2.59. The van der Waals surface area contributed by atoms with Gasteiger partial charge in [-0.2, -0.15) is 33.3 Å². The van der Waals surface area contributed by atoms with Crippen LogP contribution in [0.1, 0.15) is 91.1 Å². The molecule has 2 N–H and O–H groups in total. The number of rotatable bonds is 13. The monoisotopic (exact) mass is 749 g/mol. The first-order valence-electron chi connectivity index (χ1n) is 17.2. The number of benzene rings is 2. The second-order valence-corrected chi connectivity index (χ2v) is 13.6. The molecule has 1 aliphatic heterocycles. The van der Waals surface area contributed by atoms with E-state index in [0.29, 0.717) is 11.3 Å². The van der Waals surface area contributed by atoms with E-state index in [-0.39, 0.29) is 34.3 Å². The van der Waals surface area contributed by atoms with E-state index in [2.05, 4.69) is 25.3 Å². The van der Waals surface area contributed by atoms with Crippen molar-refractivity contribution < 1.29 is 39.0 Å². The minimum Gasteiger partial charge on any atom is -0.466 e. The summed E-state index contributed by atoms with van der Waals surface area (Å²) in [5.74, 6) is -3.19. The van der Waals surface area contributed by atoms with Crippen LogP contribution in [-0.2, 0) is 19.9 Å². The van der Waals surface area contributed by atoms with E-state index >= 15 is 0 Å². The normalized spacial score (nSPS) is 19.5. The van der Waals surface area contributed by atoms with Gasteiger partial charge in [0.2, 0.25) is 0 Å². The SMILES string of the molecule is [2H]C([2H])(C)OC(=O)CC[C@H](c1ccc(Cl)c(-n2ncnc2C(F)F)c1)N1C(=O)[C@@](CC(C)(C)C(F)(F)F)(c2ccc(-c3cnn(C4CC4)n3)cc2)N=C1N. The van der Waals surface area contributed by atoms with Crippen LogP contribution in [0.4, 0.5) is 22.0 Å². The highest BCUT2D eigenvalue weighted by Crippen LogP contribution is 2.51. The third kappa shape index (κ3) is 6.97. The summed E-state index contributed by atoms with van der Waals surface area (Å²) in [6.45, 7) is 0.548. The highest BCUT2D eigenvalue weighted by molar-refractivity contribution is 6.32. The number of aliphatic imine (C=N–C) groups is 1. The number of ether oxygens (including phenoxy) is 1. The van der Waals surface area contributed by atoms with Crippen LogP contribution in [-0.4, -0.2) is 65.2 Å². The van der Waals surface area contributed by atoms with Crippen molar-refractivity contribution in [1.82, 2.24) is 34.7 Å². The summed E-state index contributed by atoms with van der Waals surface area (Å²) in [7, 11) is 0. The van der Waals surface area contributed by atoms with E-state index in [1.54, 1.807) is 23.1 Å². The Morgan fingerprint density at radius 3 is 2.50 bits per heavy atom. The Kier molecular flexibility index (Phi) is 9.13. The van der Waals surface area contributed by atoms with Gasteiger partial charge in [0.1, 0.15) is 12.0 Å². The van der Waals surface area contributed by atoms with Gasteiger partial charge in [0.15, 0.2) is 17.3 Å². The summed E-state index contributed by atoms with van der Waals surface area (Å²) in [6, 6.07) is 9.12. The van der Waals surface area contributed by atoms with Gasteiger partial charge in [-0.1, -0.05) is 55.8 Å². The number of hydrogen-bond donors (Lipinski definition) is 1. The zero-order valence-corrected chi connectivity index (χ0v) is 28.9. The molecule has 1 aliphatic carbocycles. The number of alkyl halides is 5. The summed E-state index contributed by atoms with van der Waals surface area (Å²) in [6.07, 6.45) is -5.17. The first-order chi connectivity index (χ1) is 25.2. The first-order valence-corrected chi connectivity index (χ1v) is 16.6. The number of nitrogens with two attached hydrogens (primary N) is 1. The summed E-state index contributed by atoms with van der Waals surface area (Å²) in [5, 5.41) is 12.6. The average molecular weight is 750 g/mol. The lowest BCUT2D eigenvalue weighted by Crippen LogP contribution is -2.48. The molecule has 2 aromatic carbocycles. The number of esters is 1. The lowest BCUT2D eigenvalue weighted by molar-refractivity contribution is -0.218. The summed E-state index contributed by atoms with van der Waals surface area (Å²) < 4.78 is 92.2. The minimum absolute atomic E-state index is 0.0450. The second kappa shape index (κ2) is 13.9. The summed E-state index contributed by atoms with van der Waals surface area (Å²) in [5.41, 5.74) is 3.03. The lowest BCUT2D eigenvalue weighted by Gasteiger charge is -2.37. The zero-order chi connectivity index (χ0) is 39.4. The van der Waals surface area contributed by atoms with E-state index in [4.69, 9.17) is 24.8 Å². The Labute approximate surface area is 302 Å². The van der Waals surface area contributed by atoms with Crippen LogP contribution in [0.3, 0.4) is 0 Å². The van der Waals surface area contributed by atoms with Crippen molar-refractivity contribution >= 4 is 29.4 Å². The highest BCUT2D eigenvalue weighted by atomic mass is 35.5. The van der Waals surface area contributed by atoms with Crippen molar-refractivity contribution in [3.63, 3.8) is 0 Å². The van der Waals surface area contributed by atoms with Crippen LogP contribution in [0, 0.1) is 5.41 Å². The maximum absolute atomic E-state index is 14.9. The molecule has 4 aromatic rings. The van der Waals surface area contributed by atoms with Gasteiger partial charge in [-0.25, -0.2) is 23.4 Å². The Morgan fingerprint density at radius 2 is 1.87 bits per heavy atom. The molecule has 1 fully saturated rings. The molecule has 0 spiro atoms. The van der Waals surface area contributed by atoms with Gasteiger partial charge in [-0.15, -0.1) is 0 Å². The molecule has 2 atom stereocenters. The third-order valence-electron chi connectivity index (χ3n) is 9.13. The van der Waals surface area contributed by atoms with Crippen LogP contribution in [0.5, 0.6) is 0 Å². The maximum atomic E-state index is 14.9. The molecule has 1 amide bonds. The number of amides is 1. The molecule has 0 radical (unpaired) electrons. The van der Waals surface area contributed by atoms with Gasteiger partial charge in [-0.05, 0) is 55.9 Å². The second-order valence-electron chi connectivity index (χ2n) is 13.2. The Morgan fingerprint density at radius 1 is 1.15 bits per heavy atom. The standard InChI is InChI=1S/C34H35ClF5N9O3/c1-4-52-27(50)14-13-25(20-7-12-23(35)26(15-20)48-29(28(36)37)42-18-44-48)47-30(51)33(45-31(47)41,17-32(2,3)34(38,39)40)21-8-5-19(6-9-21)24-16-43-49(46-24)22-10-11-22/h5-9,12,15-16,18,22,25,28H,4,10-11,13-14,17H2,1-3H3,(H2,41,45)/t25-,33-/m1/s1/i4D2. The number of halogens is 6. The number of guanidine groups is 1. The van der Waals surface area contributed by atoms with E-state index in [0.717, 1.165) is 49.5 Å². The predicted molar refractivity (Wildman–Crippen MR) is 178 cm³/mol. The molecule has 52 heavy (non-hydrogen) atoms. The van der Waals surface area contributed by atoms with Crippen LogP contribution >= 0.6 is 11.6 Å². The molecule has 0 bridgehead atoms. The average Bonchev–Trinajstić information content (AvgIpc) is 3.49. The van der Waals surface area contributed by atoms with Gasteiger partial charge in [-0.3, -0.25) is 14.5 Å². The molecule has 6 rings (SSSR count). The van der Waals surface area contributed by atoms with E-state index < -0.39 is 72.7 Å². The van der Waals surface area contributed by atoms with Gasteiger partial charge in [0.25, 0.3) is 12.3 Å². The Balaban J connectivity index is 1.44. The van der Waals surface area contributed by atoms with Crippen LogP contribution in [0.2, 0.25) is 5.02 Å². The quantitative estimate of drug-likeness (QED) is 0.115. The van der Waals surface area contributed by atoms with Gasteiger partial charge in [0.05, 0.1) is 43.7 Å². The van der Waals surface area contributed by atoms with Crippen molar-refractivity contribution in [1.29, 1.82) is 0 Å². The lowest BCUT2D eigenvalue weighted by atomic mass is 9.74. The van der Waals surface area contributed by atoms with Crippen LogP contribution in [0.25, 0.3) is 16.9 Å². The summed E-state index contributed by atoms with van der Waals surface area (Å²) in [4.78, 5) is 38.3. The van der Waals surface area contributed by atoms with E-state index in [1.165, 1.54) is 30.3 Å². The number of carbonyl (C=O) groups excluding carboxylic acids is 2. The van der Waals surface area contributed by atoms with Crippen LogP contribution < -0.4 is 5.73 Å². The largest absolute Gasteiger partial charge is 0.466 e. The smallest absolute Gasteiger partial charge is 0.394 e. The van der Waals surface area contributed by atoms with Crippen LogP contribution in [0.15, 0.2) is 60.0 Å². The molecular weight excluding hydrogens is 713 g/mol. The molecule has 2 aliphatic rings. The molecule has 0 saturated heterocycles. The molecule has 18 heteroatoms. The van der Waals surface area contributed by atoms with Gasteiger partial charge in [0, 0.05) is 12.0 Å². The Hall–Kier alpha value is -4.93. The molecule has 12 nitrogen and oxygen atoms in total. The van der Waals surface area contributed by atoms with Crippen molar-refractivity contribution in [3.05, 3.63) is 77.0 Å². The number of nitrogens with zero attached hydrogens (tertiary/aromatic N) is 8. The number of aromatic nitrogens is 6.